The van der Waals surface area contributed by atoms with Gasteiger partial charge in [-0.25, -0.2) is 9.97 Å². The Morgan fingerprint density at radius 3 is 2.55 bits per heavy atom. The number of aliphatic hydroxyl groups excluding tert-OH is 3. The number of hydrogen-bond donors (Lipinski definition) is 5. The van der Waals surface area contributed by atoms with Crippen molar-refractivity contribution in [3.8, 4) is 10.6 Å². The first-order valence-electron chi connectivity index (χ1n) is 13.1. The van der Waals surface area contributed by atoms with Crippen LogP contribution in [-0.2, 0) is 0 Å². The van der Waals surface area contributed by atoms with Gasteiger partial charge in [-0.1, -0.05) is 30.3 Å². The smallest absolute Gasteiger partial charge is 0.224 e. The molecule has 0 aliphatic heterocycles. The molecular formula is C28H32N6O3S. The van der Waals surface area contributed by atoms with Crippen molar-refractivity contribution in [3.05, 3.63) is 60.0 Å². The molecule has 4 aromatic rings. The lowest BCUT2D eigenvalue weighted by atomic mass is 9.71. The normalized spacial score (nSPS) is 26.8. The summed E-state index contributed by atoms with van der Waals surface area (Å²) in [6, 6.07) is 12.1. The Morgan fingerprint density at radius 2 is 1.82 bits per heavy atom. The average Bonchev–Trinajstić information content (AvgIpc) is 3.44. The number of hydrogen-bond acceptors (Lipinski definition) is 10. The molecule has 0 radical (unpaired) electrons. The molecule has 10 heteroatoms. The van der Waals surface area contributed by atoms with Crippen molar-refractivity contribution >= 4 is 33.3 Å². The Labute approximate surface area is 225 Å². The third-order valence-electron chi connectivity index (χ3n) is 7.91. The minimum atomic E-state index is -1.02. The van der Waals surface area contributed by atoms with Gasteiger partial charge >= 0.3 is 0 Å². The summed E-state index contributed by atoms with van der Waals surface area (Å²) in [7, 11) is 0. The van der Waals surface area contributed by atoms with Crippen LogP contribution in [0.25, 0.3) is 20.8 Å². The summed E-state index contributed by atoms with van der Waals surface area (Å²) < 4.78 is 1.01. The van der Waals surface area contributed by atoms with E-state index in [0.29, 0.717) is 30.0 Å². The summed E-state index contributed by atoms with van der Waals surface area (Å²) in [6.07, 6.45) is 4.16. The molecule has 3 aromatic heterocycles. The Kier molecular flexibility index (Phi) is 6.96. The molecule has 2 saturated carbocycles. The number of aliphatic hydroxyl groups is 3. The maximum Gasteiger partial charge on any atom is 0.224 e. The molecule has 0 spiro atoms. The van der Waals surface area contributed by atoms with Crippen molar-refractivity contribution in [3.63, 3.8) is 0 Å². The summed E-state index contributed by atoms with van der Waals surface area (Å²) in [5, 5.41) is 38.2. The Balaban J connectivity index is 1.24. The van der Waals surface area contributed by atoms with E-state index >= 15 is 0 Å². The topological polar surface area (TPSA) is 136 Å². The van der Waals surface area contributed by atoms with Gasteiger partial charge < -0.3 is 26.0 Å². The second-order valence-corrected chi connectivity index (χ2v) is 11.5. The number of fused-ring (bicyclic) bond motifs is 1. The van der Waals surface area contributed by atoms with Gasteiger partial charge in [0.25, 0.3) is 0 Å². The van der Waals surface area contributed by atoms with Gasteiger partial charge in [-0.05, 0) is 49.7 Å². The lowest BCUT2D eigenvalue weighted by Gasteiger charge is -2.35. The minimum absolute atomic E-state index is 0.185. The van der Waals surface area contributed by atoms with Crippen molar-refractivity contribution in [2.24, 2.45) is 11.8 Å². The van der Waals surface area contributed by atoms with E-state index in [0.717, 1.165) is 45.9 Å². The number of benzene rings is 1. The zero-order valence-electron chi connectivity index (χ0n) is 21.2. The molecule has 0 saturated heterocycles. The molecular weight excluding hydrogens is 500 g/mol. The maximum atomic E-state index is 10.7. The van der Waals surface area contributed by atoms with E-state index in [1.54, 1.807) is 12.4 Å². The molecule has 2 aliphatic rings. The predicted octanol–water partition coefficient (Wildman–Crippen LogP) is 3.58. The van der Waals surface area contributed by atoms with E-state index in [1.165, 1.54) is 16.9 Å². The Hall–Kier alpha value is -3.18. The van der Waals surface area contributed by atoms with Crippen LogP contribution in [0, 0.1) is 18.8 Å². The fraction of sp³-hybridized carbons (Fsp3) is 0.429. The van der Waals surface area contributed by atoms with E-state index in [-0.39, 0.29) is 6.61 Å². The van der Waals surface area contributed by atoms with Crippen LogP contribution in [0.15, 0.2) is 48.8 Å². The van der Waals surface area contributed by atoms with Crippen molar-refractivity contribution in [2.45, 2.75) is 50.4 Å². The highest BCUT2D eigenvalue weighted by atomic mass is 32.1. The SMILES string of the molecule is Cc1nc(NC[C@H]2C[C@H](c3ccccc3)C2)nc(N[C@@H]2C[C@H](CO)[C@@H](O)[C@H]2O)c1-c1nc2cnccc2s1. The van der Waals surface area contributed by atoms with Gasteiger partial charge in [0.1, 0.15) is 22.4 Å². The van der Waals surface area contributed by atoms with Crippen LogP contribution >= 0.6 is 11.3 Å². The molecule has 3 heterocycles. The molecule has 4 atom stereocenters. The van der Waals surface area contributed by atoms with Crippen LogP contribution in [0.3, 0.4) is 0 Å². The molecule has 198 valence electrons. The molecule has 2 fully saturated rings. The number of thiazole rings is 1. The molecule has 2 aliphatic carbocycles. The third-order valence-corrected chi connectivity index (χ3v) is 8.96. The van der Waals surface area contributed by atoms with Gasteiger partial charge in [-0.3, -0.25) is 4.98 Å². The Bertz CT molecular complexity index is 1380. The zero-order valence-corrected chi connectivity index (χ0v) is 22.0. The number of pyridine rings is 1. The van der Waals surface area contributed by atoms with Gasteiger partial charge in [0, 0.05) is 25.3 Å². The van der Waals surface area contributed by atoms with Gasteiger partial charge in [-0.2, -0.15) is 4.98 Å². The van der Waals surface area contributed by atoms with Crippen molar-refractivity contribution < 1.29 is 15.3 Å². The van der Waals surface area contributed by atoms with Crippen LogP contribution in [0.1, 0.15) is 36.4 Å². The number of aromatic nitrogens is 4. The molecule has 0 amide bonds. The van der Waals surface area contributed by atoms with E-state index < -0.39 is 24.2 Å². The third kappa shape index (κ3) is 4.84. The average molecular weight is 533 g/mol. The lowest BCUT2D eigenvalue weighted by Crippen LogP contribution is -2.36. The quantitative estimate of drug-likeness (QED) is 0.231. The van der Waals surface area contributed by atoms with E-state index in [2.05, 4.69) is 45.9 Å². The fourth-order valence-electron chi connectivity index (χ4n) is 5.66. The molecule has 5 N–H and O–H groups in total. The lowest BCUT2D eigenvalue weighted by molar-refractivity contribution is 0.00446. The van der Waals surface area contributed by atoms with Crippen LogP contribution < -0.4 is 10.6 Å². The molecule has 0 unspecified atom stereocenters. The number of aryl methyl sites for hydroxylation is 1. The van der Waals surface area contributed by atoms with Crippen molar-refractivity contribution in [1.29, 1.82) is 0 Å². The van der Waals surface area contributed by atoms with E-state index in [1.807, 2.05) is 13.0 Å². The highest BCUT2D eigenvalue weighted by molar-refractivity contribution is 7.21. The molecule has 38 heavy (non-hydrogen) atoms. The van der Waals surface area contributed by atoms with Crippen LogP contribution in [-0.4, -0.2) is 66.7 Å². The van der Waals surface area contributed by atoms with E-state index in [9.17, 15) is 15.3 Å². The minimum Gasteiger partial charge on any atom is -0.396 e. The number of nitrogens with one attached hydrogen (secondary N) is 2. The van der Waals surface area contributed by atoms with Crippen LogP contribution in [0.5, 0.6) is 0 Å². The standard InChI is InChI=1S/C28H32N6O3S/c1-15-23(27-33-21-13-29-8-7-22(21)38-27)26(32-20-11-19(14-35)24(36)25(20)37)34-28(31-15)30-12-16-9-18(10-16)17-5-3-2-4-6-17/h2-8,13,16,18-20,24-25,35-37H,9-12,14H2,1H3,(H2,30,31,32,34)/t16-,18-,19-,20-,24-,25+/m1/s1. The zero-order chi connectivity index (χ0) is 26.2. The number of rotatable bonds is 8. The second kappa shape index (κ2) is 10.5. The fourth-order valence-corrected chi connectivity index (χ4v) is 6.69. The highest BCUT2D eigenvalue weighted by Gasteiger charge is 2.41. The van der Waals surface area contributed by atoms with Gasteiger partial charge in [0.2, 0.25) is 5.95 Å². The summed E-state index contributed by atoms with van der Waals surface area (Å²) in [5.41, 5.74) is 3.73. The molecule has 6 rings (SSSR count). The first-order valence-corrected chi connectivity index (χ1v) is 13.9. The van der Waals surface area contributed by atoms with Gasteiger partial charge in [0.05, 0.1) is 34.3 Å². The first-order chi connectivity index (χ1) is 18.5. The summed E-state index contributed by atoms with van der Waals surface area (Å²) in [4.78, 5) is 18.5. The largest absolute Gasteiger partial charge is 0.396 e. The predicted molar refractivity (Wildman–Crippen MR) is 148 cm³/mol. The molecule has 9 nitrogen and oxygen atoms in total. The second-order valence-electron chi connectivity index (χ2n) is 10.5. The van der Waals surface area contributed by atoms with Crippen LogP contribution in [0.2, 0.25) is 0 Å². The monoisotopic (exact) mass is 532 g/mol. The summed E-state index contributed by atoms with van der Waals surface area (Å²) >= 11 is 1.53. The van der Waals surface area contributed by atoms with Crippen molar-refractivity contribution in [2.75, 3.05) is 23.8 Å². The van der Waals surface area contributed by atoms with E-state index in [4.69, 9.17) is 15.0 Å². The van der Waals surface area contributed by atoms with Crippen LogP contribution in [0.4, 0.5) is 11.8 Å². The number of anilines is 2. The number of nitrogens with zero attached hydrogens (tertiary/aromatic N) is 4. The summed E-state index contributed by atoms with van der Waals surface area (Å²) in [6.45, 7) is 2.53. The highest BCUT2D eigenvalue weighted by Crippen LogP contribution is 2.42. The van der Waals surface area contributed by atoms with Gasteiger partial charge in [-0.15, -0.1) is 11.3 Å². The summed E-state index contributed by atoms with van der Waals surface area (Å²) in [5.74, 6) is 1.84. The van der Waals surface area contributed by atoms with Gasteiger partial charge in [0.15, 0.2) is 0 Å². The Morgan fingerprint density at radius 1 is 1.00 bits per heavy atom. The molecule has 1 aromatic carbocycles. The van der Waals surface area contributed by atoms with Crippen molar-refractivity contribution in [1.82, 2.24) is 19.9 Å². The maximum absolute atomic E-state index is 10.7. The first kappa shape index (κ1) is 25.1. The molecule has 0 bridgehead atoms.